The van der Waals surface area contributed by atoms with E-state index in [1.165, 1.54) is 16.2 Å². The molecular formula is C19H18NO4PS2. The number of benzene rings is 2. The van der Waals surface area contributed by atoms with Gasteiger partial charge >= 0.3 is 7.82 Å². The van der Waals surface area contributed by atoms with Crippen LogP contribution in [-0.2, 0) is 17.5 Å². The molecule has 0 unspecified atom stereocenters. The van der Waals surface area contributed by atoms with E-state index in [4.69, 9.17) is 13.6 Å². The number of nitrogens with zero attached hydrogens (tertiary/aromatic N) is 1. The van der Waals surface area contributed by atoms with Gasteiger partial charge in [0, 0.05) is 18.0 Å². The van der Waals surface area contributed by atoms with Crippen LogP contribution in [0.1, 0.15) is 10.4 Å². The SMILES string of the molecule is O=P(Oc1ccccc1)(Oc1ccccc1)Oc1cc2c(s1)CCN(S)C2. The topological polar surface area (TPSA) is 48.0 Å². The largest absolute Gasteiger partial charge is 0.647 e. The highest BCUT2D eigenvalue weighted by Gasteiger charge is 2.34. The van der Waals surface area contributed by atoms with Gasteiger partial charge in [-0.05, 0) is 42.3 Å². The van der Waals surface area contributed by atoms with Gasteiger partial charge in [0.25, 0.3) is 0 Å². The Kier molecular flexibility index (Phi) is 5.45. The number of phosphoric acid groups is 1. The number of phosphoric ester groups is 1. The molecule has 27 heavy (non-hydrogen) atoms. The zero-order valence-corrected chi connectivity index (χ0v) is 17.0. The van der Waals surface area contributed by atoms with Crippen LogP contribution in [0, 0.1) is 0 Å². The second-order valence-electron chi connectivity index (χ2n) is 6.00. The minimum atomic E-state index is -3.93. The van der Waals surface area contributed by atoms with Crippen LogP contribution < -0.4 is 13.6 Å². The van der Waals surface area contributed by atoms with Gasteiger partial charge in [0.05, 0.1) is 0 Å². The minimum absolute atomic E-state index is 0.416. The maximum atomic E-state index is 13.4. The van der Waals surface area contributed by atoms with Crippen molar-refractivity contribution >= 4 is 32.0 Å². The summed E-state index contributed by atoms with van der Waals surface area (Å²) in [5.74, 6) is 0.833. The molecule has 1 aliphatic heterocycles. The molecule has 0 N–H and O–H groups in total. The summed E-state index contributed by atoms with van der Waals surface area (Å²) in [5, 5.41) is 0.513. The number of hydrogen-bond donors (Lipinski definition) is 1. The van der Waals surface area contributed by atoms with Crippen molar-refractivity contribution in [1.82, 2.24) is 4.31 Å². The molecule has 0 bridgehead atoms. The van der Waals surface area contributed by atoms with Gasteiger partial charge in [0.2, 0.25) is 0 Å². The van der Waals surface area contributed by atoms with Crippen LogP contribution in [0.5, 0.6) is 16.6 Å². The Morgan fingerprint density at radius 2 is 1.52 bits per heavy atom. The van der Waals surface area contributed by atoms with E-state index in [0.717, 1.165) is 25.1 Å². The zero-order valence-electron chi connectivity index (χ0n) is 14.4. The van der Waals surface area contributed by atoms with Crippen molar-refractivity contribution in [3.8, 4) is 16.6 Å². The normalized spacial score (nSPS) is 14.4. The molecular weight excluding hydrogens is 401 g/mol. The highest BCUT2D eigenvalue weighted by Crippen LogP contribution is 2.51. The number of para-hydroxylation sites is 2. The average molecular weight is 419 g/mol. The molecule has 140 valence electrons. The van der Waals surface area contributed by atoms with Crippen molar-refractivity contribution in [2.45, 2.75) is 13.0 Å². The van der Waals surface area contributed by atoms with Gasteiger partial charge in [-0.1, -0.05) is 49.2 Å². The highest BCUT2D eigenvalue weighted by atomic mass is 32.1. The molecule has 8 heteroatoms. The predicted molar refractivity (Wildman–Crippen MR) is 110 cm³/mol. The molecule has 2 heterocycles. The number of thiol groups is 1. The second-order valence-corrected chi connectivity index (χ2v) is 9.11. The monoisotopic (exact) mass is 419 g/mol. The molecule has 4 rings (SSSR count). The molecule has 0 amide bonds. The quantitative estimate of drug-likeness (QED) is 0.417. The van der Waals surface area contributed by atoms with Crippen LogP contribution in [0.3, 0.4) is 0 Å². The predicted octanol–water partition coefficient (Wildman–Crippen LogP) is 5.60. The second kappa shape index (κ2) is 7.98. The molecule has 0 aliphatic carbocycles. The third kappa shape index (κ3) is 4.68. The maximum Gasteiger partial charge on any atom is 0.647 e. The number of thiophene rings is 1. The lowest BCUT2D eigenvalue weighted by molar-refractivity contribution is 0.301. The Hall–Kier alpha value is -1.92. The molecule has 0 saturated heterocycles. The summed E-state index contributed by atoms with van der Waals surface area (Å²) in [4.78, 5) is 1.21. The summed E-state index contributed by atoms with van der Waals surface area (Å²) in [5.41, 5.74) is 1.13. The van der Waals surface area contributed by atoms with Crippen molar-refractivity contribution in [3.05, 3.63) is 77.2 Å². The van der Waals surface area contributed by atoms with E-state index in [0.29, 0.717) is 16.6 Å². The van der Waals surface area contributed by atoms with Crippen molar-refractivity contribution in [1.29, 1.82) is 0 Å². The Labute approximate surface area is 167 Å². The van der Waals surface area contributed by atoms with E-state index in [1.54, 1.807) is 48.5 Å². The third-order valence-corrected chi connectivity index (χ3v) is 6.82. The van der Waals surface area contributed by atoms with Crippen molar-refractivity contribution in [3.63, 3.8) is 0 Å². The lowest BCUT2D eigenvalue weighted by atomic mass is 10.1. The molecule has 5 nitrogen and oxygen atoms in total. The van der Waals surface area contributed by atoms with Gasteiger partial charge in [-0.15, -0.1) is 11.3 Å². The van der Waals surface area contributed by atoms with E-state index in [9.17, 15) is 4.57 Å². The van der Waals surface area contributed by atoms with Gasteiger partial charge < -0.3 is 13.6 Å². The molecule has 0 fully saturated rings. The van der Waals surface area contributed by atoms with Crippen molar-refractivity contribution in [2.24, 2.45) is 0 Å². The summed E-state index contributed by atoms with van der Waals surface area (Å²) < 4.78 is 32.5. The minimum Gasteiger partial charge on any atom is -0.386 e. The summed E-state index contributed by atoms with van der Waals surface area (Å²) in [6, 6.07) is 19.6. The molecule has 0 atom stereocenters. The Bertz CT molecular complexity index is 903. The van der Waals surface area contributed by atoms with Crippen LogP contribution in [0.4, 0.5) is 0 Å². The van der Waals surface area contributed by atoms with Crippen molar-refractivity contribution < 1.29 is 18.1 Å². The summed E-state index contributed by atoms with van der Waals surface area (Å²) in [6.45, 7) is 1.59. The van der Waals surface area contributed by atoms with Gasteiger partial charge in [-0.25, -0.2) is 4.31 Å². The van der Waals surface area contributed by atoms with Crippen LogP contribution >= 0.6 is 32.0 Å². The third-order valence-electron chi connectivity index (χ3n) is 3.95. The fraction of sp³-hybridized carbons (Fsp3) is 0.158. The zero-order chi connectivity index (χ0) is 18.7. The molecule has 0 radical (unpaired) electrons. The first-order chi connectivity index (χ1) is 13.1. The Balaban J connectivity index is 1.60. The Morgan fingerprint density at radius 3 is 2.11 bits per heavy atom. The Morgan fingerprint density at radius 1 is 0.926 bits per heavy atom. The van der Waals surface area contributed by atoms with Crippen LogP contribution in [0.15, 0.2) is 66.7 Å². The summed E-state index contributed by atoms with van der Waals surface area (Å²) in [6.07, 6.45) is 0.885. The lowest BCUT2D eigenvalue weighted by Crippen LogP contribution is -2.20. The number of rotatable bonds is 6. The van der Waals surface area contributed by atoms with Gasteiger partial charge in [0.15, 0.2) is 5.06 Å². The summed E-state index contributed by atoms with van der Waals surface area (Å²) in [7, 11) is -3.93. The molecule has 0 saturated carbocycles. The first-order valence-electron chi connectivity index (χ1n) is 8.44. The van der Waals surface area contributed by atoms with E-state index in [2.05, 4.69) is 12.8 Å². The lowest BCUT2D eigenvalue weighted by Gasteiger charge is -2.20. The van der Waals surface area contributed by atoms with E-state index in [1.807, 2.05) is 22.5 Å². The summed E-state index contributed by atoms with van der Waals surface area (Å²) >= 11 is 5.88. The first kappa shape index (κ1) is 18.4. The fourth-order valence-corrected chi connectivity index (χ4v) is 5.43. The van der Waals surface area contributed by atoms with E-state index < -0.39 is 7.82 Å². The van der Waals surface area contributed by atoms with Crippen LogP contribution in [-0.4, -0.2) is 10.8 Å². The number of fused-ring (bicyclic) bond motifs is 1. The molecule has 2 aromatic carbocycles. The standard InChI is InChI=1S/C19H18NO4PS2/c21-25(22-16-7-3-1-4-8-16,23-17-9-5-2-6-10-17)24-19-13-15-14-20(26)12-11-18(15)27-19/h1-10,13,26H,11-12,14H2. The van der Waals surface area contributed by atoms with Crippen LogP contribution in [0.2, 0.25) is 0 Å². The maximum absolute atomic E-state index is 13.4. The number of hydrogen-bond acceptors (Lipinski definition) is 7. The van der Waals surface area contributed by atoms with E-state index >= 15 is 0 Å². The fourth-order valence-electron chi connectivity index (χ4n) is 2.72. The van der Waals surface area contributed by atoms with Gasteiger partial charge in [-0.2, -0.15) is 4.57 Å². The molecule has 1 aromatic heterocycles. The molecule has 1 aliphatic rings. The highest BCUT2D eigenvalue weighted by molar-refractivity contribution is 7.77. The van der Waals surface area contributed by atoms with Gasteiger partial charge in [-0.3, -0.25) is 0 Å². The van der Waals surface area contributed by atoms with Crippen molar-refractivity contribution in [2.75, 3.05) is 6.54 Å². The molecule has 3 aromatic rings. The smallest absolute Gasteiger partial charge is 0.386 e. The van der Waals surface area contributed by atoms with E-state index in [-0.39, 0.29) is 0 Å². The van der Waals surface area contributed by atoms with Gasteiger partial charge in [0.1, 0.15) is 11.5 Å². The molecule has 0 spiro atoms. The van der Waals surface area contributed by atoms with Crippen LogP contribution in [0.25, 0.3) is 0 Å². The average Bonchev–Trinajstić information content (AvgIpc) is 3.04. The first-order valence-corrected chi connectivity index (χ1v) is 11.1.